The fraction of sp³-hybridized carbons (Fsp3) is 0.556. The first-order chi connectivity index (χ1) is 6.73. The van der Waals surface area contributed by atoms with Crippen LogP contribution in [0.2, 0.25) is 0 Å². The predicted octanol–water partition coefficient (Wildman–Crippen LogP) is 2.69. The van der Waals surface area contributed by atoms with Crippen molar-refractivity contribution in [2.45, 2.75) is 33.0 Å². The van der Waals surface area contributed by atoms with Gasteiger partial charge >= 0.3 is 6.18 Å². The van der Waals surface area contributed by atoms with E-state index in [9.17, 15) is 18.0 Å². The van der Waals surface area contributed by atoms with Crippen molar-refractivity contribution in [1.29, 1.82) is 0 Å². The molecule has 1 aromatic heterocycles. The topological polar surface area (TPSA) is 34.9 Å². The van der Waals surface area contributed by atoms with Gasteiger partial charge in [0.25, 0.3) is 0 Å². The summed E-state index contributed by atoms with van der Waals surface area (Å²) in [6.45, 7) is 4.55. The number of alkyl halides is 3. The van der Waals surface area contributed by atoms with Crippen LogP contribution in [0, 0.1) is 0 Å². The molecule has 0 aliphatic carbocycles. The van der Waals surface area contributed by atoms with Gasteiger partial charge in [-0.1, -0.05) is 0 Å². The van der Waals surface area contributed by atoms with Crippen LogP contribution in [0.15, 0.2) is 6.07 Å². The molecule has 84 valence electrons. The van der Waals surface area contributed by atoms with Crippen molar-refractivity contribution in [3.63, 3.8) is 0 Å². The van der Waals surface area contributed by atoms with E-state index >= 15 is 0 Å². The molecule has 0 saturated carbocycles. The van der Waals surface area contributed by atoms with E-state index in [1.807, 2.05) is 0 Å². The molecule has 0 N–H and O–H groups in total. The van der Waals surface area contributed by atoms with E-state index in [0.717, 1.165) is 10.7 Å². The van der Waals surface area contributed by atoms with E-state index < -0.39 is 17.7 Å². The van der Waals surface area contributed by atoms with Crippen LogP contribution in [0.1, 0.15) is 43.0 Å². The molecule has 0 aliphatic heterocycles. The summed E-state index contributed by atoms with van der Waals surface area (Å²) in [5, 5.41) is 3.37. The fourth-order valence-electron chi connectivity index (χ4n) is 1.19. The Morgan fingerprint density at radius 3 is 2.27 bits per heavy atom. The van der Waals surface area contributed by atoms with Gasteiger partial charge in [0.05, 0.1) is 0 Å². The highest BCUT2D eigenvalue weighted by Gasteiger charge is 2.35. The second kappa shape index (κ2) is 3.67. The van der Waals surface area contributed by atoms with Gasteiger partial charge in [0.1, 0.15) is 5.69 Å². The molecule has 0 atom stereocenters. The number of halogens is 3. The van der Waals surface area contributed by atoms with E-state index in [1.54, 1.807) is 13.8 Å². The van der Waals surface area contributed by atoms with Gasteiger partial charge in [-0.05, 0) is 19.9 Å². The second-order valence-corrected chi connectivity index (χ2v) is 3.51. The van der Waals surface area contributed by atoms with Gasteiger partial charge in [-0.3, -0.25) is 9.48 Å². The van der Waals surface area contributed by atoms with Crippen LogP contribution in [0.3, 0.4) is 0 Å². The highest BCUT2D eigenvalue weighted by Crippen LogP contribution is 2.29. The number of ketones is 1. The average Bonchev–Trinajstić information content (AvgIpc) is 2.45. The molecule has 0 spiro atoms. The van der Waals surface area contributed by atoms with Crippen molar-refractivity contribution in [2.75, 3.05) is 0 Å². The molecule has 0 amide bonds. The summed E-state index contributed by atoms with van der Waals surface area (Å²) in [5.41, 5.74) is -1.04. The van der Waals surface area contributed by atoms with Gasteiger partial charge in [0, 0.05) is 13.0 Å². The third kappa shape index (κ3) is 2.37. The minimum atomic E-state index is -4.51. The summed E-state index contributed by atoms with van der Waals surface area (Å²) in [5.74, 6) is -0.424. The van der Waals surface area contributed by atoms with Gasteiger partial charge < -0.3 is 0 Å². The Labute approximate surface area is 84.9 Å². The highest BCUT2D eigenvalue weighted by atomic mass is 19.4. The van der Waals surface area contributed by atoms with Gasteiger partial charge in [0.2, 0.25) is 0 Å². The summed E-state index contributed by atoms with van der Waals surface area (Å²) < 4.78 is 38.1. The monoisotopic (exact) mass is 220 g/mol. The van der Waals surface area contributed by atoms with Crippen molar-refractivity contribution < 1.29 is 18.0 Å². The van der Waals surface area contributed by atoms with E-state index in [-0.39, 0.29) is 11.7 Å². The molecular formula is C9H11F3N2O. The lowest BCUT2D eigenvalue weighted by Crippen LogP contribution is -2.11. The third-order valence-corrected chi connectivity index (χ3v) is 1.88. The van der Waals surface area contributed by atoms with Gasteiger partial charge in [-0.15, -0.1) is 0 Å². The zero-order chi connectivity index (χ0) is 11.8. The van der Waals surface area contributed by atoms with Gasteiger partial charge in [-0.2, -0.15) is 18.3 Å². The molecule has 0 radical (unpaired) electrons. The van der Waals surface area contributed by atoms with Crippen molar-refractivity contribution in [3.8, 4) is 0 Å². The highest BCUT2D eigenvalue weighted by molar-refractivity contribution is 5.92. The van der Waals surface area contributed by atoms with E-state index in [1.165, 1.54) is 6.92 Å². The van der Waals surface area contributed by atoms with Crippen molar-refractivity contribution in [3.05, 3.63) is 17.5 Å². The van der Waals surface area contributed by atoms with Crippen LogP contribution in [-0.2, 0) is 6.18 Å². The number of hydrogen-bond acceptors (Lipinski definition) is 2. The summed E-state index contributed by atoms with van der Waals surface area (Å²) in [7, 11) is 0. The third-order valence-electron chi connectivity index (χ3n) is 1.88. The molecule has 3 nitrogen and oxygen atoms in total. The summed E-state index contributed by atoms with van der Waals surface area (Å²) >= 11 is 0. The first-order valence-corrected chi connectivity index (χ1v) is 4.41. The minimum absolute atomic E-state index is 0.0164. The molecule has 0 fully saturated rings. The lowest BCUT2D eigenvalue weighted by Gasteiger charge is -2.08. The maximum absolute atomic E-state index is 12.3. The first kappa shape index (κ1) is 11.7. The molecule has 1 aromatic rings. The number of rotatable bonds is 2. The predicted molar refractivity (Wildman–Crippen MR) is 47.6 cm³/mol. The molecule has 15 heavy (non-hydrogen) atoms. The van der Waals surface area contributed by atoms with E-state index in [0.29, 0.717) is 0 Å². The molecule has 0 bridgehead atoms. The number of carbonyl (C=O) groups is 1. The minimum Gasteiger partial charge on any atom is -0.293 e. The Hall–Kier alpha value is -1.33. The van der Waals surface area contributed by atoms with Crippen LogP contribution in [0.5, 0.6) is 0 Å². The molecule has 0 unspecified atom stereocenters. The lowest BCUT2D eigenvalue weighted by molar-refractivity contribution is -0.141. The molecule has 6 heteroatoms. The lowest BCUT2D eigenvalue weighted by atomic mass is 10.2. The molecule has 1 rings (SSSR count). The molecule has 0 aromatic carbocycles. The largest absolute Gasteiger partial charge is 0.435 e. The zero-order valence-electron chi connectivity index (χ0n) is 8.59. The van der Waals surface area contributed by atoms with E-state index in [2.05, 4.69) is 5.10 Å². The van der Waals surface area contributed by atoms with Crippen LogP contribution >= 0.6 is 0 Å². The Balaban J connectivity index is 3.28. The number of nitrogens with zero attached hydrogens (tertiary/aromatic N) is 2. The van der Waals surface area contributed by atoms with Gasteiger partial charge in [0.15, 0.2) is 11.5 Å². The quantitative estimate of drug-likeness (QED) is 0.718. The number of hydrogen-bond donors (Lipinski definition) is 0. The standard InChI is InChI=1S/C9H11F3N2O/c1-5(2)14-7(6(3)15)4-8(13-14)9(10,11)12/h4-5H,1-3H3. The Kier molecular flexibility index (Phi) is 2.88. The second-order valence-electron chi connectivity index (χ2n) is 3.51. The molecule has 1 heterocycles. The summed E-state index contributed by atoms with van der Waals surface area (Å²) in [6.07, 6.45) is -4.51. The normalized spacial score (nSPS) is 12.2. The van der Waals surface area contributed by atoms with Gasteiger partial charge in [-0.25, -0.2) is 0 Å². The zero-order valence-corrected chi connectivity index (χ0v) is 8.59. The van der Waals surface area contributed by atoms with E-state index in [4.69, 9.17) is 0 Å². The Morgan fingerprint density at radius 1 is 1.47 bits per heavy atom. The van der Waals surface area contributed by atoms with Crippen LogP contribution in [0.25, 0.3) is 0 Å². The molecule has 0 saturated heterocycles. The van der Waals surface area contributed by atoms with Crippen LogP contribution < -0.4 is 0 Å². The first-order valence-electron chi connectivity index (χ1n) is 4.41. The van der Waals surface area contributed by atoms with Crippen molar-refractivity contribution in [2.24, 2.45) is 0 Å². The maximum Gasteiger partial charge on any atom is 0.435 e. The summed E-state index contributed by atoms with van der Waals surface area (Å²) in [6, 6.07) is 0.502. The molecule has 0 aliphatic rings. The van der Waals surface area contributed by atoms with Crippen molar-refractivity contribution in [1.82, 2.24) is 9.78 Å². The molecular weight excluding hydrogens is 209 g/mol. The van der Waals surface area contributed by atoms with Crippen LogP contribution in [0.4, 0.5) is 13.2 Å². The van der Waals surface area contributed by atoms with Crippen molar-refractivity contribution >= 4 is 5.78 Å². The smallest absolute Gasteiger partial charge is 0.293 e. The average molecular weight is 220 g/mol. The van der Waals surface area contributed by atoms with Crippen LogP contribution in [-0.4, -0.2) is 15.6 Å². The summed E-state index contributed by atoms with van der Waals surface area (Å²) in [4.78, 5) is 11.1. The number of carbonyl (C=O) groups excluding carboxylic acids is 1. The SMILES string of the molecule is CC(=O)c1cc(C(F)(F)F)nn1C(C)C. The Morgan fingerprint density at radius 2 is 2.00 bits per heavy atom. The Bertz CT molecular complexity index is 379. The maximum atomic E-state index is 12.3. The fourth-order valence-corrected chi connectivity index (χ4v) is 1.19. The number of Topliss-reactive ketones (excluding diaryl/α,β-unsaturated/α-hetero) is 1. The number of aromatic nitrogens is 2.